The second-order valence-electron chi connectivity index (χ2n) is 4.43. The Bertz CT molecular complexity index is 524. The molecule has 0 spiro atoms. The van der Waals surface area contributed by atoms with E-state index < -0.39 is 5.41 Å². The van der Waals surface area contributed by atoms with E-state index in [1.165, 1.54) is 0 Å². The van der Waals surface area contributed by atoms with Crippen LogP contribution in [0.1, 0.15) is 18.4 Å². The third-order valence-electron chi connectivity index (χ3n) is 3.30. The van der Waals surface area contributed by atoms with E-state index in [0.29, 0.717) is 12.8 Å². The van der Waals surface area contributed by atoms with Gasteiger partial charge in [-0.3, -0.25) is 4.79 Å². The summed E-state index contributed by atoms with van der Waals surface area (Å²) in [6, 6.07) is 5.57. The predicted octanol–water partition coefficient (Wildman–Crippen LogP) is 2.22. The number of nitrogens with one attached hydrogen (secondary N) is 1. The van der Waals surface area contributed by atoms with Crippen LogP contribution in [0.3, 0.4) is 0 Å². The number of benzene rings is 1. The Labute approximate surface area is 113 Å². The summed E-state index contributed by atoms with van der Waals surface area (Å²) in [5, 5.41) is 14.5. The third kappa shape index (κ3) is 2.08. The van der Waals surface area contributed by atoms with E-state index in [-0.39, 0.29) is 11.7 Å². The first-order valence-corrected chi connectivity index (χ1v) is 6.35. The van der Waals surface area contributed by atoms with Crippen LogP contribution in [0.5, 0.6) is 0 Å². The molecule has 0 bridgehead atoms. The minimum absolute atomic E-state index is 0.0207. The number of hydrogen-bond donors (Lipinski definition) is 3. The molecule has 18 heavy (non-hydrogen) atoms. The molecular formula is C12H14BrN3O2. The maximum Gasteiger partial charge on any atom is 0.238 e. The van der Waals surface area contributed by atoms with Crippen molar-refractivity contribution in [1.29, 1.82) is 0 Å². The van der Waals surface area contributed by atoms with Gasteiger partial charge >= 0.3 is 0 Å². The molecular weight excluding hydrogens is 298 g/mol. The molecule has 1 saturated carbocycles. The van der Waals surface area contributed by atoms with Crippen molar-refractivity contribution >= 4 is 33.4 Å². The zero-order valence-electron chi connectivity index (χ0n) is 9.90. The van der Waals surface area contributed by atoms with E-state index in [0.717, 1.165) is 15.7 Å². The zero-order valence-corrected chi connectivity index (χ0v) is 11.5. The number of nitrogens with zero attached hydrogens (tertiary/aromatic N) is 1. The van der Waals surface area contributed by atoms with E-state index in [1.54, 1.807) is 0 Å². The van der Waals surface area contributed by atoms with Gasteiger partial charge in [-0.1, -0.05) is 27.2 Å². The number of amidine groups is 1. The van der Waals surface area contributed by atoms with Gasteiger partial charge in [0.2, 0.25) is 5.91 Å². The predicted molar refractivity (Wildman–Crippen MR) is 72.6 cm³/mol. The molecule has 96 valence electrons. The molecule has 0 aliphatic heterocycles. The van der Waals surface area contributed by atoms with Crippen molar-refractivity contribution in [3.63, 3.8) is 0 Å². The van der Waals surface area contributed by atoms with Gasteiger partial charge in [0.15, 0.2) is 5.84 Å². The van der Waals surface area contributed by atoms with Crippen LogP contribution < -0.4 is 11.1 Å². The first kappa shape index (κ1) is 12.9. The topological polar surface area (TPSA) is 87.7 Å². The standard InChI is InChI=1S/C12H14BrN3O2/c1-7-8(13)3-2-4-9(7)15-11(17)12(5-6-12)10(14)16-18/h2-4,18H,5-6H2,1H3,(H2,14,16)(H,15,17). The summed E-state index contributed by atoms with van der Waals surface area (Å²) in [6.45, 7) is 1.91. The molecule has 0 saturated heterocycles. The van der Waals surface area contributed by atoms with Crippen molar-refractivity contribution in [1.82, 2.24) is 0 Å². The average Bonchev–Trinajstić information content (AvgIpc) is 3.15. The summed E-state index contributed by atoms with van der Waals surface area (Å²) < 4.78 is 0.925. The Balaban J connectivity index is 2.20. The SMILES string of the molecule is Cc1c(Br)cccc1NC(=O)C1(/C(N)=N/O)CC1. The fourth-order valence-electron chi connectivity index (χ4n) is 1.81. The Hall–Kier alpha value is -1.56. The van der Waals surface area contributed by atoms with Gasteiger partial charge in [0, 0.05) is 10.2 Å². The van der Waals surface area contributed by atoms with Crippen LogP contribution in [0.2, 0.25) is 0 Å². The van der Waals surface area contributed by atoms with E-state index in [2.05, 4.69) is 26.4 Å². The normalized spacial score (nSPS) is 17.3. The van der Waals surface area contributed by atoms with Crippen LogP contribution in [0, 0.1) is 12.3 Å². The Morgan fingerprint density at radius 1 is 1.56 bits per heavy atom. The van der Waals surface area contributed by atoms with Crippen molar-refractivity contribution in [2.45, 2.75) is 19.8 Å². The van der Waals surface area contributed by atoms with E-state index >= 15 is 0 Å². The summed E-state index contributed by atoms with van der Waals surface area (Å²) >= 11 is 3.40. The van der Waals surface area contributed by atoms with Gasteiger partial charge in [-0.15, -0.1) is 0 Å². The molecule has 0 atom stereocenters. The Kier molecular flexibility index (Phi) is 3.30. The number of rotatable bonds is 3. The Morgan fingerprint density at radius 2 is 2.22 bits per heavy atom. The summed E-state index contributed by atoms with van der Waals surface area (Å²) in [4.78, 5) is 12.2. The molecule has 4 N–H and O–H groups in total. The van der Waals surface area contributed by atoms with E-state index in [1.807, 2.05) is 25.1 Å². The number of halogens is 1. The van der Waals surface area contributed by atoms with Gasteiger partial charge in [0.05, 0.1) is 0 Å². The maximum atomic E-state index is 12.2. The molecule has 1 aromatic carbocycles. The fourth-order valence-corrected chi connectivity index (χ4v) is 2.17. The molecule has 1 aliphatic rings. The molecule has 1 amide bonds. The lowest BCUT2D eigenvalue weighted by Gasteiger charge is -2.15. The lowest BCUT2D eigenvalue weighted by atomic mass is 10.0. The molecule has 0 unspecified atom stereocenters. The minimum atomic E-state index is -0.830. The van der Waals surface area contributed by atoms with Crippen LogP contribution in [0.25, 0.3) is 0 Å². The summed E-state index contributed by atoms with van der Waals surface area (Å²) in [5.41, 5.74) is 6.41. The molecule has 6 heteroatoms. The van der Waals surface area contributed by atoms with Crippen molar-refractivity contribution in [3.8, 4) is 0 Å². The quantitative estimate of drug-likeness (QED) is 0.346. The number of nitrogens with two attached hydrogens (primary N) is 1. The second kappa shape index (κ2) is 4.61. The van der Waals surface area contributed by atoms with Gasteiger partial charge in [0.25, 0.3) is 0 Å². The number of hydrogen-bond acceptors (Lipinski definition) is 3. The largest absolute Gasteiger partial charge is 0.409 e. The maximum absolute atomic E-state index is 12.2. The van der Waals surface area contributed by atoms with Crippen molar-refractivity contribution < 1.29 is 10.0 Å². The van der Waals surface area contributed by atoms with Gasteiger partial charge in [0.1, 0.15) is 5.41 Å². The number of oxime groups is 1. The number of amides is 1. The summed E-state index contributed by atoms with van der Waals surface area (Å²) in [6.07, 6.45) is 1.23. The Morgan fingerprint density at radius 3 is 2.78 bits per heavy atom. The zero-order chi connectivity index (χ0) is 13.3. The summed E-state index contributed by atoms with van der Waals surface area (Å²) in [7, 11) is 0. The van der Waals surface area contributed by atoms with E-state index in [4.69, 9.17) is 10.9 Å². The lowest BCUT2D eigenvalue weighted by Crippen LogP contribution is -2.36. The first-order valence-electron chi connectivity index (χ1n) is 5.56. The minimum Gasteiger partial charge on any atom is -0.409 e. The second-order valence-corrected chi connectivity index (χ2v) is 5.29. The van der Waals surface area contributed by atoms with Gasteiger partial charge in [-0.25, -0.2) is 0 Å². The molecule has 2 rings (SSSR count). The number of anilines is 1. The van der Waals surface area contributed by atoms with Crippen LogP contribution in [0.4, 0.5) is 5.69 Å². The highest BCUT2D eigenvalue weighted by molar-refractivity contribution is 9.10. The van der Waals surface area contributed by atoms with Crippen molar-refractivity contribution in [2.24, 2.45) is 16.3 Å². The van der Waals surface area contributed by atoms with Crippen LogP contribution in [0.15, 0.2) is 27.8 Å². The molecule has 1 aromatic rings. The molecule has 1 fully saturated rings. The highest BCUT2D eigenvalue weighted by Crippen LogP contribution is 2.46. The van der Waals surface area contributed by atoms with Crippen molar-refractivity contribution in [2.75, 3.05) is 5.32 Å². The van der Waals surface area contributed by atoms with Crippen LogP contribution >= 0.6 is 15.9 Å². The first-order chi connectivity index (χ1) is 8.51. The summed E-state index contributed by atoms with van der Waals surface area (Å²) in [5.74, 6) is -0.244. The van der Waals surface area contributed by atoms with Gasteiger partial charge in [-0.05, 0) is 37.5 Å². The van der Waals surface area contributed by atoms with Crippen molar-refractivity contribution in [3.05, 3.63) is 28.2 Å². The monoisotopic (exact) mass is 311 g/mol. The smallest absolute Gasteiger partial charge is 0.238 e. The molecule has 0 radical (unpaired) electrons. The highest BCUT2D eigenvalue weighted by atomic mass is 79.9. The third-order valence-corrected chi connectivity index (χ3v) is 4.16. The molecule has 1 aliphatic carbocycles. The van der Waals surface area contributed by atoms with Crippen LogP contribution in [-0.2, 0) is 4.79 Å². The van der Waals surface area contributed by atoms with Gasteiger partial charge < -0.3 is 16.3 Å². The van der Waals surface area contributed by atoms with E-state index in [9.17, 15) is 4.79 Å². The molecule has 0 heterocycles. The number of carbonyl (C=O) groups excluding carboxylic acids is 1. The lowest BCUT2D eigenvalue weighted by molar-refractivity contribution is -0.119. The molecule has 0 aromatic heterocycles. The highest BCUT2D eigenvalue weighted by Gasteiger charge is 2.54. The average molecular weight is 312 g/mol. The number of carbonyl (C=O) groups is 1. The van der Waals surface area contributed by atoms with Crippen LogP contribution in [-0.4, -0.2) is 17.0 Å². The van der Waals surface area contributed by atoms with Gasteiger partial charge in [-0.2, -0.15) is 0 Å². The fraction of sp³-hybridized carbons (Fsp3) is 0.333. The molecule has 5 nitrogen and oxygen atoms in total.